The van der Waals surface area contributed by atoms with Crippen LogP contribution in [-0.2, 0) is 16.1 Å². The average Bonchev–Trinajstić information content (AvgIpc) is 3.00. The molecule has 1 heterocycles. The summed E-state index contributed by atoms with van der Waals surface area (Å²) in [4.78, 5) is 24.8. The molecule has 0 aliphatic heterocycles. The highest BCUT2D eigenvalue weighted by molar-refractivity contribution is 6.31. The lowest BCUT2D eigenvalue weighted by Crippen LogP contribution is -2.21. The summed E-state index contributed by atoms with van der Waals surface area (Å²) in [6.45, 7) is 3.63. The molecule has 1 aromatic heterocycles. The minimum atomic E-state index is -0.600. The number of ether oxygens (including phenoxy) is 2. The van der Waals surface area contributed by atoms with Crippen molar-refractivity contribution in [3.8, 4) is 5.75 Å². The number of benzene rings is 2. The van der Waals surface area contributed by atoms with Crippen LogP contribution in [0.25, 0.3) is 0 Å². The summed E-state index contributed by atoms with van der Waals surface area (Å²) in [6, 6.07) is 14.7. The Labute approximate surface area is 179 Å². The number of hydrogen-bond acceptors (Lipinski definition) is 5. The van der Waals surface area contributed by atoms with Crippen molar-refractivity contribution in [2.45, 2.75) is 20.4 Å². The van der Waals surface area contributed by atoms with Crippen LogP contribution < -0.4 is 10.1 Å². The van der Waals surface area contributed by atoms with Gasteiger partial charge in [0.2, 0.25) is 0 Å². The van der Waals surface area contributed by atoms with Crippen LogP contribution in [0.5, 0.6) is 5.75 Å². The Bertz CT molecular complexity index is 1060. The van der Waals surface area contributed by atoms with Gasteiger partial charge in [-0.05, 0) is 37.6 Å². The number of methoxy groups -OCH3 is 1. The largest absolute Gasteiger partial charge is 0.495 e. The maximum absolute atomic E-state index is 12.6. The van der Waals surface area contributed by atoms with Gasteiger partial charge in [0.05, 0.1) is 30.7 Å². The highest BCUT2D eigenvalue weighted by Gasteiger charge is 2.21. The monoisotopic (exact) mass is 427 g/mol. The molecule has 0 radical (unpaired) electrons. The first-order valence-electron chi connectivity index (χ1n) is 9.27. The molecule has 0 atom stereocenters. The number of carbonyl (C=O) groups excluding carboxylic acids is 2. The highest BCUT2D eigenvalue weighted by atomic mass is 35.5. The van der Waals surface area contributed by atoms with Gasteiger partial charge >= 0.3 is 5.97 Å². The molecule has 2 aromatic carbocycles. The van der Waals surface area contributed by atoms with Crippen molar-refractivity contribution in [2.75, 3.05) is 19.0 Å². The molecule has 30 heavy (non-hydrogen) atoms. The number of rotatable bonds is 7. The molecular weight excluding hydrogens is 406 g/mol. The van der Waals surface area contributed by atoms with Crippen LogP contribution in [0.15, 0.2) is 48.5 Å². The van der Waals surface area contributed by atoms with Crippen molar-refractivity contribution in [3.05, 3.63) is 76.1 Å². The summed E-state index contributed by atoms with van der Waals surface area (Å²) in [5.74, 6) is -0.652. The first-order chi connectivity index (χ1) is 14.4. The smallest absolute Gasteiger partial charge is 0.342 e. The number of halogens is 1. The molecule has 0 aliphatic carbocycles. The van der Waals surface area contributed by atoms with Gasteiger partial charge in [-0.25, -0.2) is 4.79 Å². The fraction of sp³-hybridized carbons (Fsp3) is 0.227. The fourth-order valence-corrected chi connectivity index (χ4v) is 3.24. The normalized spacial score (nSPS) is 10.5. The highest BCUT2D eigenvalue weighted by Crippen LogP contribution is 2.27. The number of anilines is 1. The molecule has 0 spiro atoms. The summed E-state index contributed by atoms with van der Waals surface area (Å²) >= 11 is 5.96. The Morgan fingerprint density at radius 1 is 1.13 bits per heavy atom. The average molecular weight is 428 g/mol. The van der Waals surface area contributed by atoms with Gasteiger partial charge in [-0.1, -0.05) is 41.9 Å². The summed E-state index contributed by atoms with van der Waals surface area (Å²) in [6.07, 6.45) is 0. The van der Waals surface area contributed by atoms with Crippen LogP contribution >= 0.6 is 11.6 Å². The van der Waals surface area contributed by atoms with E-state index in [0.717, 1.165) is 5.56 Å². The zero-order valence-corrected chi connectivity index (χ0v) is 17.7. The van der Waals surface area contributed by atoms with Crippen molar-refractivity contribution in [2.24, 2.45) is 0 Å². The second-order valence-electron chi connectivity index (χ2n) is 6.66. The van der Waals surface area contributed by atoms with E-state index in [1.54, 1.807) is 36.7 Å². The van der Waals surface area contributed by atoms with Crippen LogP contribution in [0.3, 0.4) is 0 Å². The summed E-state index contributed by atoms with van der Waals surface area (Å²) in [5, 5.41) is 7.51. The first-order valence-corrected chi connectivity index (χ1v) is 9.65. The van der Waals surface area contributed by atoms with Crippen LogP contribution in [0.2, 0.25) is 5.02 Å². The van der Waals surface area contributed by atoms with E-state index in [-0.39, 0.29) is 0 Å². The van der Waals surface area contributed by atoms with Gasteiger partial charge in [-0.3, -0.25) is 9.48 Å². The maximum Gasteiger partial charge on any atom is 0.342 e. The third-order valence-electron chi connectivity index (χ3n) is 4.53. The van der Waals surface area contributed by atoms with E-state index >= 15 is 0 Å². The number of carbonyl (C=O) groups is 2. The SMILES string of the molecule is COc1ccc(Cl)cc1NC(=O)COC(=O)c1c(C)nn(Cc2ccccc2)c1C. The Morgan fingerprint density at radius 2 is 1.87 bits per heavy atom. The summed E-state index contributed by atoms with van der Waals surface area (Å²) < 4.78 is 12.1. The van der Waals surface area contributed by atoms with Crippen LogP contribution in [0, 0.1) is 13.8 Å². The van der Waals surface area contributed by atoms with Crippen LogP contribution in [0.4, 0.5) is 5.69 Å². The second-order valence-corrected chi connectivity index (χ2v) is 7.09. The number of aromatic nitrogens is 2. The van der Waals surface area contributed by atoms with Gasteiger partial charge in [0.15, 0.2) is 6.61 Å². The Hall–Kier alpha value is -3.32. The molecule has 7 nitrogen and oxygen atoms in total. The zero-order chi connectivity index (χ0) is 21.7. The molecular formula is C22H22ClN3O4. The number of hydrogen-bond donors (Lipinski definition) is 1. The molecule has 0 saturated heterocycles. The lowest BCUT2D eigenvalue weighted by molar-refractivity contribution is -0.119. The van der Waals surface area contributed by atoms with Crippen LogP contribution in [0.1, 0.15) is 27.3 Å². The Balaban J connectivity index is 1.65. The number of esters is 1. The van der Waals surface area contributed by atoms with Gasteiger partial charge in [0, 0.05) is 5.02 Å². The fourth-order valence-electron chi connectivity index (χ4n) is 3.07. The molecule has 0 fully saturated rings. The molecule has 0 unspecified atom stereocenters. The van der Waals surface area contributed by atoms with E-state index in [1.165, 1.54) is 7.11 Å². The zero-order valence-electron chi connectivity index (χ0n) is 16.9. The number of nitrogens with zero attached hydrogens (tertiary/aromatic N) is 2. The first kappa shape index (κ1) is 21.4. The van der Waals surface area contributed by atoms with Crippen molar-refractivity contribution in [3.63, 3.8) is 0 Å². The van der Waals surface area contributed by atoms with E-state index in [9.17, 15) is 9.59 Å². The van der Waals surface area contributed by atoms with Gasteiger partial charge < -0.3 is 14.8 Å². The minimum Gasteiger partial charge on any atom is -0.495 e. The van der Waals surface area contributed by atoms with Crippen molar-refractivity contribution < 1.29 is 19.1 Å². The van der Waals surface area contributed by atoms with E-state index in [2.05, 4.69) is 10.4 Å². The van der Waals surface area contributed by atoms with Gasteiger partial charge in [0.25, 0.3) is 5.91 Å². The Kier molecular flexibility index (Phi) is 6.74. The molecule has 3 aromatic rings. The third kappa shape index (κ3) is 4.99. The molecule has 1 N–H and O–H groups in total. The van der Waals surface area contributed by atoms with E-state index in [4.69, 9.17) is 21.1 Å². The predicted molar refractivity (Wildman–Crippen MR) is 114 cm³/mol. The molecule has 0 bridgehead atoms. The molecule has 3 rings (SSSR count). The maximum atomic E-state index is 12.6. The lowest BCUT2D eigenvalue weighted by atomic mass is 10.2. The van der Waals surface area contributed by atoms with Gasteiger partial charge in [-0.15, -0.1) is 0 Å². The lowest BCUT2D eigenvalue weighted by Gasteiger charge is -2.11. The minimum absolute atomic E-state index is 0.360. The number of aryl methyl sites for hydroxylation is 1. The molecule has 0 saturated carbocycles. The third-order valence-corrected chi connectivity index (χ3v) is 4.77. The summed E-state index contributed by atoms with van der Waals surface area (Å²) in [7, 11) is 1.48. The van der Waals surface area contributed by atoms with E-state index < -0.39 is 18.5 Å². The second kappa shape index (κ2) is 9.45. The van der Waals surface area contributed by atoms with Crippen molar-refractivity contribution in [1.82, 2.24) is 9.78 Å². The predicted octanol–water partition coefficient (Wildman–Crippen LogP) is 4.01. The molecule has 0 aliphatic rings. The van der Waals surface area contributed by atoms with E-state index in [0.29, 0.717) is 40.0 Å². The molecule has 156 valence electrons. The van der Waals surface area contributed by atoms with Gasteiger partial charge in [0.1, 0.15) is 11.3 Å². The number of nitrogens with one attached hydrogen (secondary N) is 1. The topological polar surface area (TPSA) is 82.4 Å². The van der Waals surface area contributed by atoms with Crippen molar-refractivity contribution >= 4 is 29.2 Å². The van der Waals surface area contributed by atoms with Crippen LogP contribution in [-0.4, -0.2) is 35.4 Å². The standard InChI is InChI=1S/C22H22ClN3O4/c1-14-21(15(2)26(25-14)12-16-7-5-4-6-8-16)22(28)30-13-20(27)24-18-11-17(23)9-10-19(18)29-3/h4-11H,12-13H2,1-3H3,(H,24,27). The molecule has 1 amide bonds. The van der Waals surface area contributed by atoms with Crippen molar-refractivity contribution in [1.29, 1.82) is 0 Å². The molecule has 8 heteroatoms. The number of amides is 1. The van der Waals surface area contributed by atoms with E-state index in [1.807, 2.05) is 30.3 Å². The Morgan fingerprint density at radius 3 is 2.57 bits per heavy atom. The summed E-state index contributed by atoms with van der Waals surface area (Å²) in [5.41, 5.74) is 3.05. The quantitative estimate of drug-likeness (QED) is 0.576. The van der Waals surface area contributed by atoms with Gasteiger partial charge in [-0.2, -0.15) is 5.10 Å².